The molecule has 0 aromatic heterocycles. The van der Waals surface area contributed by atoms with Crippen molar-refractivity contribution in [3.8, 4) is 0 Å². The molecule has 0 radical (unpaired) electrons. The Balaban J connectivity index is 2.07. The van der Waals surface area contributed by atoms with Gasteiger partial charge in [-0.25, -0.2) is 0 Å². The topological polar surface area (TPSA) is 82.1 Å². The average molecular weight is 350 g/mol. The molecule has 0 spiro atoms. The predicted molar refractivity (Wildman–Crippen MR) is 91.6 cm³/mol. The van der Waals surface area contributed by atoms with E-state index in [0.29, 0.717) is 0 Å². The number of rotatable bonds is 0. The Morgan fingerprint density at radius 3 is 2.28 bits per heavy atom. The smallest absolute Gasteiger partial charge is 0.309 e. The van der Waals surface area contributed by atoms with Gasteiger partial charge in [-0.2, -0.15) is 0 Å². The number of carbonyl (C=O) groups is 2. The van der Waals surface area contributed by atoms with Crippen LogP contribution >= 0.6 is 0 Å². The highest BCUT2D eigenvalue weighted by atomic mass is 16.6. The molecule has 2 aliphatic rings. The van der Waals surface area contributed by atoms with E-state index in [-0.39, 0.29) is 55.9 Å². The lowest BCUT2D eigenvalue weighted by molar-refractivity contribution is -0.153. The Bertz CT molecular complexity index is 550. The molecule has 25 heavy (non-hydrogen) atoms. The zero-order chi connectivity index (χ0) is 18.2. The second kappa shape index (κ2) is 9.53. The van der Waals surface area contributed by atoms with Gasteiger partial charge in [-0.05, 0) is 0 Å². The van der Waals surface area contributed by atoms with Gasteiger partial charge in [0.05, 0.1) is 25.6 Å². The van der Waals surface area contributed by atoms with E-state index in [2.05, 4.69) is 0 Å². The first-order valence-electron chi connectivity index (χ1n) is 8.62. The molecule has 0 aliphatic carbocycles. The second-order valence-corrected chi connectivity index (χ2v) is 6.48. The van der Waals surface area contributed by atoms with Gasteiger partial charge in [0, 0.05) is 11.8 Å². The molecule has 6 heteroatoms. The van der Waals surface area contributed by atoms with Gasteiger partial charge in [0.1, 0.15) is 18.8 Å². The number of hydrogen-bond acceptors (Lipinski definition) is 6. The van der Waals surface area contributed by atoms with Crippen LogP contribution in [0.5, 0.6) is 0 Å². The van der Waals surface area contributed by atoms with Gasteiger partial charge in [-0.1, -0.05) is 50.3 Å². The van der Waals surface area contributed by atoms with Gasteiger partial charge in [-0.3, -0.25) is 9.59 Å². The molecule has 0 saturated carbocycles. The van der Waals surface area contributed by atoms with E-state index in [4.69, 9.17) is 14.2 Å². The molecular formula is C19H26O6. The van der Waals surface area contributed by atoms with Crippen LogP contribution in [-0.2, 0) is 23.8 Å². The molecule has 138 valence electrons. The van der Waals surface area contributed by atoms with Crippen molar-refractivity contribution in [3.05, 3.63) is 36.5 Å². The van der Waals surface area contributed by atoms with Crippen molar-refractivity contribution in [1.82, 2.24) is 0 Å². The molecule has 2 bridgehead atoms. The summed E-state index contributed by atoms with van der Waals surface area (Å²) in [6.45, 7) is 4.14. The standard InChI is InChI=1S/C19H26O6/c1-13-5-3-7-19(22)24-12-17-15(20)9-10-16(25-17)14(2)6-4-8-18(21)23-11-13/h3-6,9-10,13-17,20H,7-8,11-12H2,1-2H3/b5-3-,6-4+/t13-,14-,15+,16+,17-/m1/s1. The minimum Gasteiger partial charge on any atom is -0.465 e. The van der Waals surface area contributed by atoms with Crippen LogP contribution in [0.15, 0.2) is 36.5 Å². The Labute approximate surface area is 148 Å². The number of aliphatic hydroxyl groups is 1. The lowest BCUT2D eigenvalue weighted by atomic mass is 9.99. The van der Waals surface area contributed by atoms with Crippen molar-refractivity contribution >= 4 is 11.9 Å². The number of cyclic esters (lactones) is 2. The van der Waals surface area contributed by atoms with Gasteiger partial charge >= 0.3 is 11.9 Å². The largest absolute Gasteiger partial charge is 0.465 e. The Morgan fingerprint density at radius 2 is 1.56 bits per heavy atom. The van der Waals surface area contributed by atoms with Crippen molar-refractivity contribution in [2.45, 2.75) is 45.0 Å². The van der Waals surface area contributed by atoms with E-state index in [0.717, 1.165) is 0 Å². The summed E-state index contributed by atoms with van der Waals surface area (Å²) in [6.07, 6.45) is 9.26. The summed E-state index contributed by atoms with van der Waals surface area (Å²) in [6, 6.07) is 0. The van der Waals surface area contributed by atoms with E-state index < -0.39 is 12.2 Å². The zero-order valence-electron chi connectivity index (χ0n) is 14.7. The molecule has 2 aliphatic heterocycles. The fraction of sp³-hybridized carbons (Fsp3) is 0.579. The van der Waals surface area contributed by atoms with Gasteiger partial charge in [0.15, 0.2) is 0 Å². The Kier molecular flexibility index (Phi) is 7.40. The molecule has 0 fully saturated rings. The van der Waals surface area contributed by atoms with Crippen LogP contribution in [0.4, 0.5) is 0 Å². The van der Waals surface area contributed by atoms with E-state index in [1.165, 1.54) is 0 Å². The monoisotopic (exact) mass is 350 g/mol. The van der Waals surface area contributed by atoms with Gasteiger partial charge in [-0.15, -0.1) is 0 Å². The number of aliphatic hydroxyl groups excluding tert-OH is 1. The maximum Gasteiger partial charge on any atom is 0.309 e. The third-order valence-corrected chi connectivity index (χ3v) is 4.12. The average Bonchev–Trinajstić information content (AvgIpc) is 2.58. The third-order valence-electron chi connectivity index (χ3n) is 4.12. The quantitative estimate of drug-likeness (QED) is 0.531. The van der Waals surface area contributed by atoms with Crippen LogP contribution in [0, 0.1) is 11.8 Å². The SMILES string of the molecule is C[C@@H]1/C=C\CC(=O)OC[C@H]2O[C@@H](C=C[C@@H]2O)[C@H](C)/C=C/CC(=O)OC1. The first-order chi connectivity index (χ1) is 12.0. The van der Waals surface area contributed by atoms with E-state index in [1.54, 1.807) is 24.3 Å². The van der Waals surface area contributed by atoms with Crippen LogP contribution in [0.2, 0.25) is 0 Å². The summed E-state index contributed by atoms with van der Waals surface area (Å²) >= 11 is 0. The van der Waals surface area contributed by atoms with Crippen molar-refractivity contribution < 1.29 is 28.9 Å². The molecule has 2 heterocycles. The summed E-state index contributed by atoms with van der Waals surface area (Å²) in [4.78, 5) is 23.5. The fourth-order valence-electron chi connectivity index (χ4n) is 2.57. The van der Waals surface area contributed by atoms with Gasteiger partial charge in [0.2, 0.25) is 0 Å². The van der Waals surface area contributed by atoms with Crippen LogP contribution in [0.1, 0.15) is 26.7 Å². The number of esters is 2. The van der Waals surface area contributed by atoms with Crippen LogP contribution in [0.3, 0.4) is 0 Å². The van der Waals surface area contributed by atoms with Crippen molar-refractivity contribution in [2.24, 2.45) is 11.8 Å². The highest BCUT2D eigenvalue weighted by Gasteiger charge is 2.29. The van der Waals surface area contributed by atoms with E-state index >= 15 is 0 Å². The molecule has 0 unspecified atom stereocenters. The molecule has 0 aromatic rings. The number of fused-ring (bicyclic) bond motifs is 2. The lowest BCUT2D eigenvalue weighted by Gasteiger charge is -2.31. The Morgan fingerprint density at radius 1 is 0.920 bits per heavy atom. The van der Waals surface area contributed by atoms with Gasteiger partial charge < -0.3 is 19.3 Å². The summed E-state index contributed by atoms with van der Waals surface area (Å²) in [5.41, 5.74) is 0. The lowest BCUT2D eigenvalue weighted by Crippen LogP contribution is -2.40. The Hall–Kier alpha value is -1.92. The van der Waals surface area contributed by atoms with Crippen molar-refractivity contribution in [1.29, 1.82) is 0 Å². The minimum atomic E-state index is -0.812. The predicted octanol–water partition coefficient (Wildman–Crippen LogP) is 1.94. The van der Waals surface area contributed by atoms with Crippen LogP contribution in [-0.4, -0.2) is 48.6 Å². The maximum absolute atomic E-state index is 11.8. The van der Waals surface area contributed by atoms with Crippen LogP contribution in [0.25, 0.3) is 0 Å². The summed E-state index contributed by atoms with van der Waals surface area (Å²) in [5.74, 6) is -0.657. The minimum absolute atomic E-state index is 0.00225. The maximum atomic E-state index is 11.8. The number of hydrogen-bond donors (Lipinski definition) is 1. The number of ether oxygens (including phenoxy) is 3. The summed E-state index contributed by atoms with van der Waals surface area (Å²) in [7, 11) is 0. The first-order valence-corrected chi connectivity index (χ1v) is 8.62. The zero-order valence-corrected chi connectivity index (χ0v) is 14.7. The van der Waals surface area contributed by atoms with Crippen molar-refractivity contribution in [3.63, 3.8) is 0 Å². The molecule has 6 nitrogen and oxygen atoms in total. The van der Waals surface area contributed by atoms with Crippen molar-refractivity contribution in [2.75, 3.05) is 13.2 Å². The van der Waals surface area contributed by atoms with E-state index in [9.17, 15) is 14.7 Å². The van der Waals surface area contributed by atoms with Gasteiger partial charge in [0.25, 0.3) is 0 Å². The summed E-state index contributed by atoms with van der Waals surface area (Å²) < 4.78 is 16.2. The molecule has 0 saturated heterocycles. The molecule has 1 N–H and O–H groups in total. The molecular weight excluding hydrogens is 324 g/mol. The first kappa shape index (κ1) is 19.4. The van der Waals surface area contributed by atoms with E-state index in [1.807, 2.05) is 26.0 Å². The molecule has 5 atom stereocenters. The normalized spacial score (nSPS) is 37.5. The fourth-order valence-corrected chi connectivity index (χ4v) is 2.57. The molecule has 0 amide bonds. The third kappa shape index (κ3) is 6.48. The molecule has 0 aromatic carbocycles. The number of carbonyl (C=O) groups excluding carboxylic acids is 2. The molecule has 2 rings (SSSR count). The van der Waals surface area contributed by atoms with Crippen LogP contribution < -0.4 is 0 Å². The second-order valence-electron chi connectivity index (χ2n) is 6.48. The highest BCUT2D eigenvalue weighted by Crippen LogP contribution is 2.21. The summed E-state index contributed by atoms with van der Waals surface area (Å²) in [5, 5.41) is 9.99. The highest BCUT2D eigenvalue weighted by molar-refractivity contribution is 5.71.